The third-order valence-corrected chi connectivity index (χ3v) is 7.34. The van der Waals surface area contributed by atoms with Crippen LogP contribution < -0.4 is 11.2 Å². The van der Waals surface area contributed by atoms with E-state index in [0.29, 0.717) is 5.56 Å². The Balaban J connectivity index is 1.45. The molecule has 11 heteroatoms. The summed E-state index contributed by atoms with van der Waals surface area (Å²) in [5, 5.41) is 10.2. The SMILES string of the molecule is Cc1cn(C2CC(O)C(COP(=O)(N3CC3)N3CC3)O2)c(=O)[nH]c1=O. The largest absolute Gasteiger partial charge is 0.390 e. The van der Waals surface area contributed by atoms with Gasteiger partial charge in [0.05, 0.1) is 12.7 Å². The van der Waals surface area contributed by atoms with Crippen molar-refractivity contribution < 1.29 is 18.9 Å². The molecule has 1 aromatic heterocycles. The second kappa shape index (κ2) is 6.15. The van der Waals surface area contributed by atoms with E-state index in [0.717, 1.165) is 26.2 Å². The fraction of sp³-hybridized carbons (Fsp3) is 0.714. The number of aromatic amines is 1. The number of aromatic nitrogens is 2. The maximum atomic E-state index is 12.9. The number of nitrogens with zero attached hydrogens (tertiary/aromatic N) is 3. The molecular weight excluding hydrogens is 351 g/mol. The fourth-order valence-corrected chi connectivity index (χ4v) is 5.16. The van der Waals surface area contributed by atoms with Gasteiger partial charge >= 0.3 is 13.4 Å². The zero-order chi connectivity index (χ0) is 17.8. The van der Waals surface area contributed by atoms with Crippen molar-refractivity contribution in [2.45, 2.75) is 31.8 Å². The number of aryl methyl sites for hydroxylation is 1. The van der Waals surface area contributed by atoms with Gasteiger partial charge in [0.25, 0.3) is 5.56 Å². The minimum absolute atomic E-state index is 0.0149. The molecule has 0 radical (unpaired) electrons. The molecule has 10 nitrogen and oxygen atoms in total. The predicted octanol–water partition coefficient (Wildman–Crippen LogP) is -0.751. The van der Waals surface area contributed by atoms with Crippen molar-refractivity contribution in [2.24, 2.45) is 0 Å². The van der Waals surface area contributed by atoms with Crippen LogP contribution in [0, 0.1) is 6.92 Å². The Kier molecular flexibility index (Phi) is 4.22. The molecule has 2 N–H and O–H groups in total. The summed E-state index contributed by atoms with van der Waals surface area (Å²) >= 11 is 0. The van der Waals surface area contributed by atoms with Gasteiger partial charge < -0.3 is 14.4 Å². The van der Waals surface area contributed by atoms with Gasteiger partial charge in [-0.2, -0.15) is 0 Å². The van der Waals surface area contributed by atoms with Gasteiger partial charge in [0.15, 0.2) is 0 Å². The van der Waals surface area contributed by atoms with Gasteiger partial charge in [-0.1, -0.05) is 0 Å². The first-order valence-corrected chi connectivity index (χ1v) is 9.82. The van der Waals surface area contributed by atoms with Gasteiger partial charge in [0, 0.05) is 44.4 Å². The molecule has 0 aromatic carbocycles. The van der Waals surface area contributed by atoms with Crippen LogP contribution in [0.3, 0.4) is 0 Å². The first kappa shape index (κ1) is 17.1. The topological polar surface area (TPSA) is 117 Å². The summed E-state index contributed by atoms with van der Waals surface area (Å²) in [6.45, 7) is 4.56. The van der Waals surface area contributed by atoms with E-state index >= 15 is 0 Å². The molecule has 0 amide bonds. The summed E-state index contributed by atoms with van der Waals surface area (Å²) in [7, 11) is -2.98. The summed E-state index contributed by atoms with van der Waals surface area (Å²) in [4.78, 5) is 25.6. The van der Waals surface area contributed by atoms with Crippen LogP contribution in [0.4, 0.5) is 0 Å². The second-order valence-electron chi connectivity index (χ2n) is 6.60. The molecule has 0 bridgehead atoms. The van der Waals surface area contributed by atoms with Crippen molar-refractivity contribution in [1.29, 1.82) is 0 Å². The highest BCUT2D eigenvalue weighted by Gasteiger charge is 2.50. The number of hydrogen-bond acceptors (Lipinski definition) is 6. The summed E-state index contributed by atoms with van der Waals surface area (Å²) < 4.78 is 29.1. The van der Waals surface area contributed by atoms with E-state index in [-0.39, 0.29) is 13.0 Å². The average molecular weight is 372 g/mol. The minimum Gasteiger partial charge on any atom is -0.390 e. The van der Waals surface area contributed by atoms with E-state index < -0.39 is 37.4 Å². The van der Waals surface area contributed by atoms with Crippen molar-refractivity contribution in [3.8, 4) is 0 Å². The predicted molar refractivity (Wildman–Crippen MR) is 87.3 cm³/mol. The van der Waals surface area contributed by atoms with Crippen molar-refractivity contribution in [2.75, 3.05) is 32.8 Å². The highest BCUT2D eigenvalue weighted by molar-refractivity contribution is 7.54. The molecule has 3 unspecified atom stereocenters. The standard InChI is InChI=1S/C14H21N4O6P/c1-9-7-18(14(21)15-13(9)20)12-6-10(19)11(24-12)8-23-25(22,16-2-3-16)17-4-5-17/h7,10-12,19H,2-6,8H2,1H3,(H,15,20,21). The van der Waals surface area contributed by atoms with Crippen LogP contribution in [0.2, 0.25) is 0 Å². The molecule has 4 heterocycles. The molecule has 0 aliphatic carbocycles. The lowest BCUT2D eigenvalue weighted by molar-refractivity contribution is -0.0421. The quantitative estimate of drug-likeness (QED) is 0.495. The van der Waals surface area contributed by atoms with Gasteiger partial charge in [0.1, 0.15) is 12.3 Å². The number of ether oxygens (including phenoxy) is 1. The molecular formula is C14H21N4O6P. The molecule has 3 atom stereocenters. The van der Waals surface area contributed by atoms with Crippen LogP contribution in [-0.2, 0) is 13.8 Å². The van der Waals surface area contributed by atoms with Crippen LogP contribution in [0.5, 0.6) is 0 Å². The van der Waals surface area contributed by atoms with Gasteiger partial charge in [-0.15, -0.1) is 0 Å². The number of aliphatic hydroxyl groups excluding tert-OH is 1. The second-order valence-corrected chi connectivity index (χ2v) is 8.98. The maximum Gasteiger partial charge on any atom is 0.346 e. The van der Waals surface area contributed by atoms with E-state index in [2.05, 4.69) is 4.98 Å². The average Bonchev–Trinajstić information content (AvgIpc) is 3.45. The summed E-state index contributed by atoms with van der Waals surface area (Å²) in [5.41, 5.74) is -0.657. The number of nitrogens with one attached hydrogen (secondary N) is 1. The lowest BCUT2D eigenvalue weighted by atomic mass is 10.2. The van der Waals surface area contributed by atoms with Gasteiger partial charge in [-0.3, -0.25) is 18.9 Å². The van der Waals surface area contributed by atoms with Crippen LogP contribution >= 0.6 is 7.67 Å². The molecule has 0 spiro atoms. The van der Waals surface area contributed by atoms with Crippen LogP contribution in [0.1, 0.15) is 18.2 Å². The Morgan fingerprint density at radius 3 is 2.56 bits per heavy atom. The Labute approximate surface area is 143 Å². The Hall–Kier alpha value is -1.29. The minimum atomic E-state index is -2.98. The highest BCUT2D eigenvalue weighted by Crippen LogP contribution is 2.61. The van der Waals surface area contributed by atoms with Crippen LogP contribution in [-0.4, -0.2) is 69.0 Å². The summed E-state index contributed by atoms with van der Waals surface area (Å²) in [6, 6.07) is 0. The lowest BCUT2D eigenvalue weighted by Gasteiger charge is -2.23. The third-order valence-electron chi connectivity index (χ3n) is 4.63. The first-order chi connectivity index (χ1) is 11.9. The van der Waals surface area contributed by atoms with E-state index in [1.165, 1.54) is 10.8 Å². The molecule has 0 saturated carbocycles. The number of rotatable bonds is 6. The molecule has 4 rings (SSSR count). The molecule has 3 aliphatic rings. The van der Waals surface area contributed by atoms with E-state index in [9.17, 15) is 19.3 Å². The molecule has 138 valence electrons. The van der Waals surface area contributed by atoms with Crippen LogP contribution in [0.15, 0.2) is 15.8 Å². The molecule has 3 fully saturated rings. The zero-order valence-corrected chi connectivity index (χ0v) is 14.7. The molecule has 25 heavy (non-hydrogen) atoms. The van der Waals surface area contributed by atoms with Crippen molar-refractivity contribution in [1.82, 2.24) is 18.9 Å². The Morgan fingerprint density at radius 2 is 1.96 bits per heavy atom. The van der Waals surface area contributed by atoms with E-state index in [1.807, 2.05) is 0 Å². The summed E-state index contributed by atoms with van der Waals surface area (Å²) in [5.74, 6) is 0. The number of hydrogen-bond donors (Lipinski definition) is 2. The van der Waals surface area contributed by atoms with Crippen LogP contribution in [0.25, 0.3) is 0 Å². The fourth-order valence-electron chi connectivity index (χ4n) is 2.94. The molecule has 3 saturated heterocycles. The maximum absolute atomic E-state index is 12.9. The zero-order valence-electron chi connectivity index (χ0n) is 13.8. The number of H-pyrrole nitrogens is 1. The normalized spacial score (nSPS) is 29.9. The lowest BCUT2D eigenvalue weighted by Crippen LogP contribution is -2.33. The van der Waals surface area contributed by atoms with Gasteiger partial charge in [0.2, 0.25) is 0 Å². The van der Waals surface area contributed by atoms with Crippen molar-refractivity contribution in [3.05, 3.63) is 32.6 Å². The van der Waals surface area contributed by atoms with Gasteiger partial charge in [-0.05, 0) is 6.92 Å². The number of aliphatic hydroxyl groups is 1. The first-order valence-electron chi connectivity index (χ1n) is 8.29. The third kappa shape index (κ3) is 3.25. The highest BCUT2D eigenvalue weighted by atomic mass is 31.2. The van der Waals surface area contributed by atoms with Crippen molar-refractivity contribution >= 4 is 7.67 Å². The Bertz CT molecular complexity index is 813. The summed E-state index contributed by atoms with van der Waals surface area (Å²) in [6.07, 6.45) is -0.623. The van der Waals surface area contributed by atoms with Gasteiger partial charge in [-0.25, -0.2) is 14.1 Å². The monoisotopic (exact) mass is 372 g/mol. The molecule has 3 aliphatic heterocycles. The smallest absolute Gasteiger partial charge is 0.346 e. The molecule has 1 aromatic rings. The van der Waals surface area contributed by atoms with E-state index in [1.54, 1.807) is 16.3 Å². The van der Waals surface area contributed by atoms with Crippen molar-refractivity contribution in [3.63, 3.8) is 0 Å². The Morgan fingerprint density at radius 1 is 1.32 bits per heavy atom. The van der Waals surface area contributed by atoms with E-state index in [4.69, 9.17) is 9.26 Å².